The number of aromatic hydroxyl groups is 1. The normalized spacial score (nSPS) is 19.9. The van der Waals surface area contributed by atoms with E-state index in [9.17, 15) is 9.90 Å². The lowest BCUT2D eigenvalue weighted by molar-refractivity contribution is 0.0136. The zero-order valence-corrected chi connectivity index (χ0v) is 9.81. The highest BCUT2D eigenvalue weighted by molar-refractivity contribution is 5.89. The number of phenols is 1. The number of ether oxygens (including phenoxy) is 2. The largest absolute Gasteiger partial charge is 0.508 e. The number of methoxy groups -OCH3 is 1. The van der Waals surface area contributed by atoms with Crippen molar-refractivity contribution in [2.45, 2.75) is 25.4 Å². The van der Waals surface area contributed by atoms with Crippen molar-refractivity contribution in [3.8, 4) is 5.75 Å². The van der Waals surface area contributed by atoms with Crippen molar-refractivity contribution in [3.05, 3.63) is 29.3 Å². The van der Waals surface area contributed by atoms with Crippen LogP contribution in [-0.4, -0.2) is 24.8 Å². The molecular formula is C13H16O4. The van der Waals surface area contributed by atoms with Gasteiger partial charge in [-0.05, 0) is 31.4 Å². The molecule has 2 rings (SSSR count). The Balaban J connectivity index is 2.21. The average molecular weight is 236 g/mol. The number of benzene rings is 1. The second-order valence-corrected chi connectivity index (χ2v) is 4.12. The summed E-state index contributed by atoms with van der Waals surface area (Å²) in [6, 6.07) is 4.82. The lowest BCUT2D eigenvalue weighted by Gasteiger charge is -2.23. The molecule has 92 valence electrons. The predicted molar refractivity (Wildman–Crippen MR) is 62.0 cm³/mol. The van der Waals surface area contributed by atoms with Gasteiger partial charge in [0.15, 0.2) is 0 Å². The molecule has 1 unspecified atom stereocenters. The molecule has 0 spiro atoms. The van der Waals surface area contributed by atoms with E-state index in [0.717, 1.165) is 31.4 Å². The lowest BCUT2D eigenvalue weighted by Crippen LogP contribution is -2.12. The molecule has 0 amide bonds. The van der Waals surface area contributed by atoms with Crippen molar-refractivity contribution in [1.82, 2.24) is 0 Å². The Morgan fingerprint density at radius 1 is 1.47 bits per heavy atom. The van der Waals surface area contributed by atoms with Crippen molar-refractivity contribution in [1.29, 1.82) is 0 Å². The second kappa shape index (κ2) is 5.19. The van der Waals surface area contributed by atoms with Gasteiger partial charge in [-0.3, -0.25) is 0 Å². The van der Waals surface area contributed by atoms with Gasteiger partial charge in [0.1, 0.15) is 5.75 Å². The number of carbonyl (C=O) groups excluding carboxylic acids is 1. The van der Waals surface area contributed by atoms with E-state index in [1.54, 1.807) is 12.1 Å². The average Bonchev–Trinajstić information content (AvgIpc) is 2.38. The summed E-state index contributed by atoms with van der Waals surface area (Å²) in [5.41, 5.74) is 1.10. The molecule has 1 saturated heterocycles. The third-order valence-electron chi connectivity index (χ3n) is 2.98. The number of phenolic OH excluding ortho intramolecular Hbond substituents is 1. The SMILES string of the molecule is COC(=O)c1ccc(C2CCCCO2)c(O)c1. The van der Waals surface area contributed by atoms with E-state index >= 15 is 0 Å². The highest BCUT2D eigenvalue weighted by Crippen LogP contribution is 2.33. The van der Waals surface area contributed by atoms with Gasteiger partial charge in [0.05, 0.1) is 18.8 Å². The number of esters is 1. The second-order valence-electron chi connectivity index (χ2n) is 4.12. The van der Waals surface area contributed by atoms with Crippen LogP contribution in [0, 0.1) is 0 Å². The summed E-state index contributed by atoms with van der Waals surface area (Å²) >= 11 is 0. The van der Waals surface area contributed by atoms with E-state index in [-0.39, 0.29) is 11.9 Å². The molecule has 0 bridgehead atoms. The van der Waals surface area contributed by atoms with Crippen LogP contribution in [0.4, 0.5) is 0 Å². The molecular weight excluding hydrogens is 220 g/mol. The van der Waals surface area contributed by atoms with Gasteiger partial charge >= 0.3 is 5.97 Å². The predicted octanol–water partition coefficient (Wildman–Crippen LogP) is 2.42. The van der Waals surface area contributed by atoms with Crippen LogP contribution in [0.1, 0.15) is 41.3 Å². The maximum atomic E-state index is 11.3. The Morgan fingerprint density at radius 3 is 2.88 bits per heavy atom. The molecule has 1 aromatic carbocycles. The monoisotopic (exact) mass is 236 g/mol. The highest BCUT2D eigenvalue weighted by atomic mass is 16.5. The van der Waals surface area contributed by atoms with Gasteiger partial charge in [0.25, 0.3) is 0 Å². The van der Waals surface area contributed by atoms with E-state index in [1.165, 1.54) is 13.2 Å². The van der Waals surface area contributed by atoms with E-state index in [4.69, 9.17) is 4.74 Å². The molecule has 1 heterocycles. The van der Waals surface area contributed by atoms with Crippen molar-refractivity contribution in [2.75, 3.05) is 13.7 Å². The molecule has 1 aromatic rings. The summed E-state index contributed by atoms with van der Waals surface area (Å²) in [6.45, 7) is 0.725. The van der Waals surface area contributed by atoms with E-state index < -0.39 is 5.97 Å². The Labute approximate surface area is 100 Å². The van der Waals surface area contributed by atoms with Gasteiger partial charge in [0.2, 0.25) is 0 Å². The molecule has 1 aliphatic heterocycles. The first kappa shape index (κ1) is 11.9. The molecule has 4 heteroatoms. The smallest absolute Gasteiger partial charge is 0.337 e. The molecule has 1 fully saturated rings. The van der Waals surface area contributed by atoms with Gasteiger partial charge in [-0.15, -0.1) is 0 Å². The molecule has 4 nitrogen and oxygen atoms in total. The van der Waals surface area contributed by atoms with Crippen molar-refractivity contribution < 1.29 is 19.4 Å². The molecule has 0 saturated carbocycles. The molecule has 0 aromatic heterocycles. The Morgan fingerprint density at radius 2 is 2.29 bits per heavy atom. The van der Waals surface area contributed by atoms with Crippen LogP contribution in [0.2, 0.25) is 0 Å². The Bertz CT molecular complexity index is 408. The Hall–Kier alpha value is -1.55. The van der Waals surface area contributed by atoms with Gasteiger partial charge in [0, 0.05) is 12.2 Å². The van der Waals surface area contributed by atoms with Gasteiger partial charge in [-0.1, -0.05) is 6.07 Å². The minimum absolute atomic E-state index is 0.0598. The summed E-state index contributed by atoms with van der Waals surface area (Å²) in [7, 11) is 1.32. The fourth-order valence-electron chi connectivity index (χ4n) is 2.05. The van der Waals surface area contributed by atoms with Crippen molar-refractivity contribution >= 4 is 5.97 Å². The third-order valence-corrected chi connectivity index (χ3v) is 2.98. The van der Waals surface area contributed by atoms with Gasteiger partial charge in [-0.25, -0.2) is 4.79 Å². The van der Waals surface area contributed by atoms with Crippen LogP contribution in [-0.2, 0) is 9.47 Å². The quantitative estimate of drug-likeness (QED) is 0.801. The number of carbonyl (C=O) groups is 1. The minimum atomic E-state index is -0.448. The fourth-order valence-corrected chi connectivity index (χ4v) is 2.05. The van der Waals surface area contributed by atoms with Crippen LogP contribution >= 0.6 is 0 Å². The maximum Gasteiger partial charge on any atom is 0.337 e. The van der Waals surface area contributed by atoms with Crippen LogP contribution in [0.15, 0.2) is 18.2 Å². The van der Waals surface area contributed by atoms with Crippen LogP contribution in [0.5, 0.6) is 5.75 Å². The standard InChI is InChI=1S/C13H16O4/c1-16-13(15)9-5-6-10(11(14)8-9)12-4-2-3-7-17-12/h5-6,8,12,14H,2-4,7H2,1H3. The Kier molecular flexibility index (Phi) is 3.64. The summed E-state index contributed by atoms with van der Waals surface area (Å²) in [5, 5.41) is 9.90. The summed E-state index contributed by atoms with van der Waals surface area (Å²) in [6.07, 6.45) is 3.02. The zero-order valence-electron chi connectivity index (χ0n) is 9.81. The minimum Gasteiger partial charge on any atom is -0.508 e. The molecule has 1 N–H and O–H groups in total. The lowest BCUT2D eigenvalue weighted by atomic mass is 9.99. The van der Waals surface area contributed by atoms with Crippen LogP contribution < -0.4 is 0 Å². The first-order chi connectivity index (χ1) is 8.22. The summed E-state index contributed by atoms with van der Waals surface area (Å²) in [4.78, 5) is 11.3. The van der Waals surface area contributed by atoms with E-state index in [2.05, 4.69) is 4.74 Å². The first-order valence-corrected chi connectivity index (χ1v) is 5.75. The molecule has 1 atom stereocenters. The number of hydrogen-bond acceptors (Lipinski definition) is 4. The van der Waals surface area contributed by atoms with Gasteiger partial charge in [-0.2, -0.15) is 0 Å². The molecule has 0 radical (unpaired) electrons. The number of hydrogen-bond donors (Lipinski definition) is 1. The van der Waals surface area contributed by atoms with E-state index in [0.29, 0.717) is 5.56 Å². The summed E-state index contributed by atoms with van der Waals surface area (Å²) in [5.74, 6) is -0.351. The molecule has 0 aliphatic carbocycles. The maximum absolute atomic E-state index is 11.3. The fraction of sp³-hybridized carbons (Fsp3) is 0.462. The topological polar surface area (TPSA) is 55.8 Å². The van der Waals surface area contributed by atoms with E-state index in [1.807, 2.05) is 0 Å². The number of rotatable bonds is 2. The van der Waals surface area contributed by atoms with Crippen molar-refractivity contribution in [3.63, 3.8) is 0 Å². The zero-order chi connectivity index (χ0) is 12.3. The first-order valence-electron chi connectivity index (χ1n) is 5.75. The highest BCUT2D eigenvalue weighted by Gasteiger charge is 2.20. The van der Waals surface area contributed by atoms with Crippen LogP contribution in [0.25, 0.3) is 0 Å². The van der Waals surface area contributed by atoms with Crippen LogP contribution in [0.3, 0.4) is 0 Å². The van der Waals surface area contributed by atoms with Crippen molar-refractivity contribution in [2.24, 2.45) is 0 Å². The van der Waals surface area contributed by atoms with Gasteiger partial charge < -0.3 is 14.6 Å². The molecule has 1 aliphatic rings. The third kappa shape index (κ3) is 2.58. The molecule has 17 heavy (non-hydrogen) atoms. The summed E-state index contributed by atoms with van der Waals surface area (Å²) < 4.78 is 10.2.